The van der Waals surface area contributed by atoms with Gasteiger partial charge in [0.2, 0.25) is 6.29 Å². The molecule has 3 unspecified atom stereocenters. The number of aliphatic hydroxyl groups is 5. The molecule has 112 valence electrons. The molecule has 0 spiro atoms. The van der Waals surface area contributed by atoms with Gasteiger partial charge in [-0.25, -0.2) is 0 Å². The third-order valence-electron chi connectivity index (χ3n) is 3.23. The van der Waals surface area contributed by atoms with E-state index in [1.807, 2.05) is 0 Å². The first-order chi connectivity index (χ1) is 9.58. The van der Waals surface area contributed by atoms with Gasteiger partial charge >= 0.3 is 0 Å². The van der Waals surface area contributed by atoms with Crippen LogP contribution in [-0.2, 0) is 11.3 Å². The fraction of sp³-hybridized carbons (Fsp3) is 0.538. The Kier molecular flexibility index (Phi) is 4.92. The summed E-state index contributed by atoms with van der Waals surface area (Å²) in [5, 5.41) is 47.4. The van der Waals surface area contributed by atoms with E-state index >= 15 is 0 Å². The Hall–Kier alpha value is -1.22. The van der Waals surface area contributed by atoms with Gasteiger partial charge in [0.15, 0.2) is 0 Å². The summed E-state index contributed by atoms with van der Waals surface area (Å²) in [5.74, 6) is 0.291. The van der Waals surface area contributed by atoms with Crippen molar-refractivity contribution in [2.45, 2.75) is 37.3 Å². The number of hydrogen-bond acceptors (Lipinski definition) is 7. The van der Waals surface area contributed by atoms with Gasteiger partial charge in [-0.1, -0.05) is 18.2 Å². The molecule has 20 heavy (non-hydrogen) atoms. The zero-order valence-corrected chi connectivity index (χ0v) is 10.7. The lowest BCUT2D eigenvalue weighted by atomic mass is 9.99. The van der Waals surface area contributed by atoms with Crippen molar-refractivity contribution in [2.24, 2.45) is 0 Å². The maximum absolute atomic E-state index is 9.84. The maximum Gasteiger partial charge on any atom is 0.229 e. The Morgan fingerprint density at radius 2 is 1.70 bits per heavy atom. The first-order valence-electron chi connectivity index (χ1n) is 6.24. The van der Waals surface area contributed by atoms with Crippen LogP contribution in [0.5, 0.6) is 5.75 Å². The molecular weight excluding hydrogens is 268 g/mol. The van der Waals surface area contributed by atoms with Crippen LogP contribution in [0.15, 0.2) is 24.3 Å². The summed E-state index contributed by atoms with van der Waals surface area (Å²) in [6, 6.07) is 6.61. The number of rotatable bonds is 4. The van der Waals surface area contributed by atoms with E-state index in [-0.39, 0.29) is 6.61 Å². The van der Waals surface area contributed by atoms with Gasteiger partial charge in [0.05, 0.1) is 13.2 Å². The minimum absolute atomic E-state index is 0.256. The van der Waals surface area contributed by atoms with Crippen molar-refractivity contribution in [2.75, 3.05) is 6.61 Å². The highest BCUT2D eigenvalue weighted by Crippen LogP contribution is 2.26. The van der Waals surface area contributed by atoms with E-state index < -0.39 is 37.3 Å². The molecule has 1 aliphatic heterocycles. The molecule has 0 amide bonds. The van der Waals surface area contributed by atoms with Gasteiger partial charge < -0.3 is 35.0 Å². The van der Waals surface area contributed by atoms with Gasteiger partial charge in [-0.15, -0.1) is 0 Å². The second-order valence-electron chi connectivity index (χ2n) is 4.58. The Labute approximate surface area is 115 Å². The van der Waals surface area contributed by atoms with Gasteiger partial charge in [-0.3, -0.25) is 0 Å². The third kappa shape index (κ3) is 2.93. The number of aliphatic hydroxyl groups excluding tert-OH is 5. The van der Waals surface area contributed by atoms with Crippen LogP contribution in [0.3, 0.4) is 0 Å². The monoisotopic (exact) mass is 286 g/mol. The molecule has 5 atom stereocenters. The Bertz CT molecular complexity index is 436. The van der Waals surface area contributed by atoms with Crippen molar-refractivity contribution >= 4 is 0 Å². The van der Waals surface area contributed by atoms with Crippen LogP contribution in [0.1, 0.15) is 5.56 Å². The summed E-state index contributed by atoms with van der Waals surface area (Å²) < 4.78 is 10.6. The molecule has 5 N–H and O–H groups in total. The second-order valence-corrected chi connectivity index (χ2v) is 4.58. The smallest absolute Gasteiger partial charge is 0.229 e. The number of hydrogen-bond donors (Lipinski definition) is 5. The minimum Gasteiger partial charge on any atom is -0.462 e. The lowest BCUT2D eigenvalue weighted by molar-refractivity contribution is -0.277. The average molecular weight is 286 g/mol. The molecule has 0 bridgehead atoms. The molecule has 1 heterocycles. The molecule has 2 rings (SSSR count). The molecular formula is C13H18O7. The second kappa shape index (κ2) is 6.49. The van der Waals surface area contributed by atoms with Crippen LogP contribution >= 0.6 is 0 Å². The highest BCUT2D eigenvalue weighted by atomic mass is 16.7. The van der Waals surface area contributed by atoms with Crippen molar-refractivity contribution in [1.29, 1.82) is 0 Å². The van der Waals surface area contributed by atoms with Crippen molar-refractivity contribution in [3.05, 3.63) is 29.8 Å². The van der Waals surface area contributed by atoms with E-state index in [0.717, 1.165) is 0 Å². The first-order valence-corrected chi connectivity index (χ1v) is 6.24. The van der Waals surface area contributed by atoms with Gasteiger partial charge in [0, 0.05) is 5.56 Å². The molecule has 1 fully saturated rings. The Morgan fingerprint density at radius 3 is 2.35 bits per heavy atom. The summed E-state index contributed by atoms with van der Waals surface area (Å²) in [6.07, 6.45) is -6.67. The average Bonchev–Trinajstić information content (AvgIpc) is 2.48. The van der Waals surface area contributed by atoms with Crippen molar-refractivity contribution in [1.82, 2.24) is 0 Å². The Balaban J connectivity index is 2.15. The molecule has 0 radical (unpaired) electrons. The summed E-state index contributed by atoms with van der Waals surface area (Å²) in [4.78, 5) is 0. The molecule has 1 saturated heterocycles. The maximum atomic E-state index is 9.84. The molecule has 7 nitrogen and oxygen atoms in total. The quantitative estimate of drug-likeness (QED) is 0.450. The minimum atomic E-state index is -1.49. The predicted octanol–water partition coefficient (Wildman–Crippen LogP) is -1.64. The fourth-order valence-corrected chi connectivity index (χ4v) is 2.04. The SMILES string of the molecule is OCc1ccccc1OC1OC(CO)C(O)[C@H](O)[C@@H]1O. The van der Waals surface area contributed by atoms with Gasteiger partial charge in [-0.2, -0.15) is 0 Å². The molecule has 0 saturated carbocycles. The zero-order valence-electron chi connectivity index (χ0n) is 10.7. The molecule has 0 aromatic heterocycles. The summed E-state index contributed by atoms with van der Waals surface area (Å²) >= 11 is 0. The lowest BCUT2D eigenvalue weighted by Crippen LogP contribution is -2.60. The van der Waals surface area contributed by atoms with Gasteiger partial charge in [-0.05, 0) is 6.07 Å². The first kappa shape index (κ1) is 15.2. The van der Waals surface area contributed by atoms with E-state index in [9.17, 15) is 20.4 Å². The summed E-state index contributed by atoms with van der Waals surface area (Å²) in [7, 11) is 0. The predicted molar refractivity (Wildman–Crippen MR) is 66.8 cm³/mol. The molecule has 1 aromatic rings. The van der Waals surface area contributed by atoms with Crippen molar-refractivity contribution < 1.29 is 35.0 Å². The van der Waals surface area contributed by atoms with Crippen molar-refractivity contribution in [3.8, 4) is 5.75 Å². The van der Waals surface area contributed by atoms with Crippen LogP contribution in [0.25, 0.3) is 0 Å². The molecule has 7 heteroatoms. The molecule has 1 aromatic carbocycles. The van der Waals surface area contributed by atoms with Crippen LogP contribution < -0.4 is 4.74 Å². The number of para-hydroxylation sites is 1. The normalized spacial score (nSPS) is 34.0. The highest BCUT2D eigenvalue weighted by Gasteiger charge is 2.44. The fourth-order valence-electron chi connectivity index (χ4n) is 2.04. The van der Waals surface area contributed by atoms with E-state index in [1.165, 1.54) is 0 Å². The van der Waals surface area contributed by atoms with Gasteiger partial charge in [0.1, 0.15) is 30.2 Å². The van der Waals surface area contributed by atoms with Crippen molar-refractivity contribution in [3.63, 3.8) is 0 Å². The summed E-state index contributed by atoms with van der Waals surface area (Å²) in [6.45, 7) is -0.778. The Morgan fingerprint density at radius 1 is 1.00 bits per heavy atom. The van der Waals surface area contributed by atoms with E-state index in [0.29, 0.717) is 11.3 Å². The standard InChI is InChI=1S/C13H18O7/c14-5-7-3-1-2-4-8(7)19-13-12(18)11(17)10(16)9(6-15)20-13/h1-4,9-18H,5-6H2/t9?,10?,11-,12-,13?/m0/s1. The van der Waals surface area contributed by atoms with Crippen LogP contribution in [-0.4, -0.2) is 62.8 Å². The lowest BCUT2D eigenvalue weighted by Gasteiger charge is -2.39. The van der Waals surface area contributed by atoms with Crippen LogP contribution in [0.4, 0.5) is 0 Å². The van der Waals surface area contributed by atoms with E-state index in [2.05, 4.69) is 0 Å². The zero-order chi connectivity index (χ0) is 14.7. The van der Waals surface area contributed by atoms with Gasteiger partial charge in [0.25, 0.3) is 0 Å². The largest absolute Gasteiger partial charge is 0.462 e. The van der Waals surface area contributed by atoms with E-state index in [4.69, 9.17) is 14.6 Å². The molecule has 1 aliphatic rings. The van der Waals surface area contributed by atoms with E-state index in [1.54, 1.807) is 24.3 Å². The number of ether oxygens (including phenoxy) is 2. The highest BCUT2D eigenvalue weighted by molar-refractivity contribution is 5.32. The van der Waals surface area contributed by atoms with Crippen LogP contribution in [0.2, 0.25) is 0 Å². The molecule has 0 aliphatic carbocycles. The number of benzene rings is 1. The third-order valence-corrected chi connectivity index (χ3v) is 3.23. The topological polar surface area (TPSA) is 120 Å². The summed E-state index contributed by atoms with van der Waals surface area (Å²) in [5.41, 5.74) is 0.490. The van der Waals surface area contributed by atoms with Crippen LogP contribution in [0, 0.1) is 0 Å².